The van der Waals surface area contributed by atoms with E-state index in [1.54, 1.807) is 24.3 Å². The third-order valence-electron chi connectivity index (χ3n) is 5.36. The molecule has 5 nitrogen and oxygen atoms in total. The van der Waals surface area contributed by atoms with E-state index >= 15 is 0 Å². The van der Waals surface area contributed by atoms with Gasteiger partial charge in [0.2, 0.25) is 11.8 Å². The molecule has 1 aromatic rings. The fourth-order valence-electron chi connectivity index (χ4n) is 4.35. The van der Waals surface area contributed by atoms with Gasteiger partial charge in [0.1, 0.15) is 0 Å². The maximum Gasteiger partial charge on any atom is 0.234 e. The van der Waals surface area contributed by atoms with Crippen LogP contribution in [0.2, 0.25) is 0 Å². The van der Waals surface area contributed by atoms with E-state index in [0.717, 1.165) is 16.9 Å². The maximum absolute atomic E-state index is 12.7. The molecule has 1 saturated carbocycles. The first-order chi connectivity index (χ1) is 11.1. The summed E-state index contributed by atoms with van der Waals surface area (Å²) in [4.78, 5) is 38.0. The number of carboxylic acids is 1. The van der Waals surface area contributed by atoms with Crippen molar-refractivity contribution in [1.82, 2.24) is 4.90 Å². The predicted octanol–water partition coefficient (Wildman–Crippen LogP) is 0.155. The lowest BCUT2D eigenvalue weighted by atomic mass is 9.85. The SMILES string of the molecule is O=C([O-])C(Cc1ccccc1)N1C(=O)C2C3C=CC(C3)C2C1=O. The molecule has 23 heavy (non-hydrogen) atoms. The van der Waals surface area contributed by atoms with E-state index in [4.69, 9.17) is 0 Å². The molecule has 0 spiro atoms. The van der Waals surface area contributed by atoms with Crippen molar-refractivity contribution in [3.05, 3.63) is 48.0 Å². The summed E-state index contributed by atoms with van der Waals surface area (Å²) in [6, 6.07) is 7.77. The van der Waals surface area contributed by atoms with Crippen LogP contribution in [0.3, 0.4) is 0 Å². The van der Waals surface area contributed by atoms with Crippen LogP contribution < -0.4 is 5.11 Å². The summed E-state index contributed by atoms with van der Waals surface area (Å²) in [6.07, 6.45) is 4.90. The molecule has 4 rings (SSSR count). The van der Waals surface area contributed by atoms with Crippen LogP contribution in [0.25, 0.3) is 0 Å². The minimum Gasteiger partial charge on any atom is -0.548 e. The third kappa shape index (κ3) is 2.03. The first kappa shape index (κ1) is 14.2. The Morgan fingerprint density at radius 2 is 1.65 bits per heavy atom. The minimum atomic E-state index is -1.38. The number of benzene rings is 1. The number of carbonyl (C=O) groups excluding carboxylic acids is 3. The van der Waals surface area contributed by atoms with Gasteiger partial charge in [-0.1, -0.05) is 42.5 Å². The number of amides is 2. The molecule has 0 N–H and O–H groups in total. The van der Waals surface area contributed by atoms with E-state index in [-0.39, 0.29) is 41.9 Å². The first-order valence-electron chi connectivity index (χ1n) is 7.88. The van der Waals surface area contributed by atoms with Crippen molar-refractivity contribution in [2.24, 2.45) is 23.7 Å². The van der Waals surface area contributed by atoms with Crippen LogP contribution in [0.15, 0.2) is 42.5 Å². The zero-order chi connectivity index (χ0) is 16.1. The highest BCUT2D eigenvalue weighted by Crippen LogP contribution is 2.52. The van der Waals surface area contributed by atoms with Crippen LogP contribution in [0.1, 0.15) is 12.0 Å². The van der Waals surface area contributed by atoms with Crippen LogP contribution in [-0.4, -0.2) is 28.7 Å². The van der Waals surface area contributed by atoms with Gasteiger partial charge < -0.3 is 9.90 Å². The van der Waals surface area contributed by atoms with Gasteiger partial charge in [-0.05, 0) is 30.2 Å². The van der Waals surface area contributed by atoms with E-state index in [9.17, 15) is 19.5 Å². The summed E-state index contributed by atoms with van der Waals surface area (Å²) in [5.41, 5.74) is 0.764. The lowest BCUT2D eigenvalue weighted by Crippen LogP contribution is -2.52. The highest BCUT2D eigenvalue weighted by atomic mass is 16.4. The number of allylic oxidation sites excluding steroid dienone is 2. The van der Waals surface area contributed by atoms with Crippen LogP contribution in [0.4, 0.5) is 0 Å². The molecule has 5 unspecified atom stereocenters. The standard InChI is InChI=1S/C18H17NO4/c20-16-14-11-6-7-12(9-11)15(14)17(21)19(16)13(18(22)23)8-10-4-2-1-3-5-10/h1-7,11-15H,8-9H2,(H,22,23)/p-1. The topological polar surface area (TPSA) is 77.5 Å². The maximum atomic E-state index is 12.7. The molecule has 0 aromatic heterocycles. The third-order valence-corrected chi connectivity index (χ3v) is 5.36. The van der Waals surface area contributed by atoms with Gasteiger partial charge in [0.05, 0.1) is 23.8 Å². The summed E-state index contributed by atoms with van der Waals surface area (Å²) in [5, 5.41) is 11.6. The van der Waals surface area contributed by atoms with Crippen molar-refractivity contribution in [2.75, 3.05) is 0 Å². The molecule has 2 fully saturated rings. The van der Waals surface area contributed by atoms with Crippen molar-refractivity contribution < 1.29 is 19.5 Å². The van der Waals surface area contributed by atoms with Gasteiger partial charge in [-0.2, -0.15) is 0 Å². The summed E-state index contributed by atoms with van der Waals surface area (Å²) < 4.78 is 0. The highest BCUT2D eigenvalue weighted by Gasteiger charge is 2.60. The van der Waals surface area contributed by atoms with Crippen molar-refractivity contribution >= 4 is 17.8 Å². The minimum absolute atomic E-state index is 0.0746. The van der Waals surface area contributed by atoms with Crippen LogP contribution in [-0.2, 0) is 20.8 Å². The number of aliphatic carboxylic acids is 1. The molecular weight excluding hydrogens is 294 g/mol. The van der Waals surface area contributed by atoms with Crippen molar-refractivity contribution in [3.8, 4) is 0 Å². The quantitative estimate of drug-likeness (QED) is 0.586. The number of likely N-dealkylation sites (tertiary alicyclic amines) is 1. The zero-order valence-corrected chi connectivity index (χ0v) is 12.4. The second kappa shape index (κ2) is 5.05. The number of nitrogens with zero attached hydrogens (tertiary/aromatic N) is 1. The smallest absolute Gasteiger partial charge is 0.234 e. The lowest BCUT2D eigenvalue weighted by Gasteiger charge is -2.28. The molecule has 118 valence electrons. The van der Waals surface area contributed by atoms with Crippen molar-refractivity contribution in [2.45, 2.75) is 18.9 Å². The van der Waals surface area contributed by atoms with Gasteiger partial charge in [-0.25, -0.2) is 0 Å². The van der Waals surface area contributed by atoms with Gasteiger partial charge in [0, 0.05) is 0 Å². The fourth-order valence-corrected chi connectivity index (χ4v) is 4.35. The Hall–Kier alpha value is -2.43. The Morgan fingerprint density at radius 3 is 2.17 bits per heavy atom. The Balaban J connectivity index is 1.64. The number of carboxylic acid groups (broad SMARTS) is 1. The molecule has 5 atom stereocenters. The molecular formula is C18H16NO4-. The lowest BCUT2D eigenvalue weighted by molar-refractivity contribution is -0.310. The van der Waals surface area contributed by atoms with E-state index in [0.29, 0.717) is 0 Å². The van der Waals surface area contributed by atoms with Gasteiger partial charge in [0.25, 0.3) is 0 Å². The second-order valence-corrected chi connectivity index (χ2v) is 6.57. The summed E-state index contributed by atoms with van der Waals surface area (Å²) in [6.45, 7) is 0. The zero-order valence-electron chi connectivity index (χ0n) is 12.4. The molecule has 1 aromatic carbocycles. The van der Waals surface area contributed by atoms with Crippen LogP contribution in [0, 0.1) is 23.7 Å². The van der Waals surface area contributed by atoms with E-state index in [1.165, 1.54) is 0 Å². The van der Waals surface area contributed by atoms with Gasteiger partial charge in [0.15, 0.2) is 0 Å². The molecule has 3 aliphatic rings. The van der Waals surface area contributed by atoms with Crippen molar-refractivity contribution in [3.63, 3.8) is 0 Å². The average Bonchev–Trinajstić information content (AvgIpc) is 3.21. The second-order valence-electron chi connectivity index (χ2n) is 6.57. The number of carbonyl (C=O) groups is 3. The average molecular weight is 310 g/mol. The van der Waals surface area contributed by atoms with E-state index in [1.807, 2.05) is 18.2 Å². The Labute approximate surface area is 133 Å². The number of imide groups is 1. The largest absolute Gasteiger partial charge is 0.548 e. The van der Waals surface area contributed by atoms with Gasteiger partial charge in [-0.15, -0.1) is 0 Å². The molecule has 5 heteroatoms. The first-order valence-corrected chi connectivity index (χ1v) is 7.88. The molecule has 2 bridgehead atoms. The Bertz CT molecular complexity index is 681. The number of hydrogen-bond acceptors (Lipinski definition) is 4. The van der Waals surface area contributed by atoms with Gasteiger partial charge >= 0.3 is 0 Å². The molecule has 0 radical (unpaired) electrons. The predicted molar refractivity (Wildman–Crippen MR) is 78.5 cm³/mol. The van der Waals surface area contributed by atoms with Crippen LogP contribution in [0.5, 0.6) is 0 Å². The van der Waals surface area contributed by atoms with E-state index in [2.05, 4.69) is 0 Å². The summed E-state index contributed by atoms with van der Waals surface area (Å²) >= 11 is 0. The van der Waals surface area contributed by atoms with Gasteiger partial charge in [-0.3, -0.25) is 14.5 Å². The number of rotatable bonds is 4. The molecule has 2 aliphatic carbocycles. The molecule has 1 saturated heterocycles. The summed E-state index contributed by atoms with van der Waals surface area (Å²) in [5.74, 6) is -2.68. The molecule has 1 heterocycles. The normalized spacial score (nSPS) is 32.4. The summed E-state index contributed by atoms with van der Waals surface area (Å²) in [7, 11) is 0. The van der Waals surface area contributed by atoms with Crippen LogP contribution >= 0.6 is 0 Å². The number of fused-ring (bicyclic) bond motifs is 5. The Kier molecular flexibility index (Phi) is 3.11. The monoisotopic (exact) mass is 310 g/mol. The molecule has 1 aliphatic heterocycles. The van der Waals surface area contributed by atoms with E-state index < -0.39 is 12.0 Å². The number of hydrogen-bond donors (Lipinski definition) is 0. The van der Waals surface area contributed by atoms with Crippen molar-refractivity contribution in [1.29, 1.82) is 0 Å². The fraction of sp³-hybridized carbons (Fsp3) is 0.389. The molecule has 2 amide bonds. The Morgan fingerprint density at radius 1 is 1.09 bits per heavy atom. The highest BCUT2D eigenvalue weighted by molar-refractivity contribution is 6.08.